The molecule has 2 aromatic carbocycles. The van der Waals surface area contributed by atoms with Crippen LogP contribution < -0.4 is 10.1 Å². The number of carbonyl (C=O) groups excluding carboxylic acids is 2. The van der Waals surface area contributed by atoms with Crippen molar-refractivity contribution in [1.82, 2.24) is 0 Å². The molecule has 0 aliphatic rings. The zero-order valence-corrected chi connectivity index (χ0v) is 15.8. The third kappa shape index (κ3) is 6.94. The molecule has 0 radical (unpaired) electrons. The Morgan fingerprint density at radius 2 is 1.92 bits per heavy atom. The monoisotopic (exact) mass is 395 g/mol. The summed E-state index contributed by atoms with van der Waals surface area (Å²) in [5, 5.41) is 3.33. The zero-order chi connectivity index (χ0) is 18.9. The van der Waals surface area contributed by atoms with Crippen LogP contribution in [0, 0.1) is 6.92 Å². The number of anilines is 1. The number of rotatable bonds is 8. The van der Waals surface area contributed by atoms with Crippen molar-refractivity contribution in [3.63, 3.8) is 0 Å². The minimum absolute atomic E-state index is 0.164. The van der Waals surface area contributed by atoms with Gasteiger partial charge in [-0.15, -0.1) is 0 Å². The third-order valence-corrected chi connectivity index (χ3v) is 3.91. The number of halogens is 2. The highest BCUT2D eigenvalue weighted by molar-refractivity contribution is 6.35. The number of carbonyl (C=O) groups is 2. The highest BCUT2D eigenvalue weighted by Gasteiger charge is 2.10. The highest BCUT2D eigenvalue weighted by atomic mass is 35.5. The number of hydrogen-bond acceptors (Lipinski definition) is 4. The number of benzene rings is 2. The maximum absolute atomic E-state index is 11.8. The molecule has 0 aliphatic heterocycles. The molecule has 0 saturated heterocycles. The van der Waals surface area contributed by atoms with Gasteiger partial charge in [-0.25, -0.2) is 0 Å². The Morgan fingerprint density at radius 1 is 1.12 bits per heavy atom. The lowest BCUT2D eigenvalue weighted by Crippen LogP contribution is -2.21. The molecule has 138 valence electrons. The van der Waals surface area contributed by atoms with Crippen LogP contribution in [-0.4, -0.2) is 25.1 Å². The largest absolute Gasteiger partial charge is 0.494 e. The van der Waals surface area contributed by atoms with Gasteiger partial charge >= 0.3 is 5.97 Å². The van der Waals surface area contributed by atoms with Crippen molar-refractivity contribution in [2.24, 2.45) is 0 Å². The maximum Gasteiger partial charge on any atom is 0.306 e. The third-order valence-electron chi connectivity index (χ3n) is 3.35. The first-order chi connectivity index (χ1) is 12.4. The summed E-state index contributed by atoms with van der Waals surface area (Å²) in [6.07, 6.45) is 0.658. The number of hydrogen-bond donors (Lipinski definition) is 1. The predicted octanol–water partition coefficient (Wildman–Crippen LogP) is 4.64. The molecule has 0 unspecified atom stereocenters. The van der Waals surface area contributed by atoms with Crippen LogP contribution >= 0.6 is 23.2 Å². The molecule has 1 amide bonds. The second-order valence-corrected chi connectivity index (χ2v) is 6.45. The van der Waals surface area contributed by atoms with Gasteiger partial charge in [0.25, 0.3) is 5.91 Å². The summed E-state index contributed by atoms with van der Waals surface area (Å²) < 4.78 is 10.5. The molecular formula is C19H19Cl2NO4. The van der Waals surface area contributed by atoms with E-state index in [9.17, 15) is 9.59 Å². The van der Waals surface area contributed by atoms with Crippen molar-refractivity contribution < 1.29 is 19.1 Å². The van der Waals surface area contributed by atoms with Gasteiger partial charge < -0.3 is 14.8 Å². The molecule has 0 fully saturated rings. The normalized spacial score (nSPS) is 10.3. The Kier molecular flexibility index (Phi) is 7.75. The number of aryl methyl sites for hydroxylation is 1. The molecule has 26 heavy (non-hydrogen) atoms. The molecule has 2 rings (SSSR count). The molecular weight excluding hydrogens is 377 g/mol. The summed E-state index contributed by atoms with van der Waals surface area (Å²) in [7, 11) is 0. The van der Waals surface area contributed by atoms with Gasteiger partial charge in [-0.05, 0) is 49.2 Å². The summed E-state index contributed by atoms with van der Waals surface area (Å²) >= 11 is 11.8. The van der Waals surface area contributed by atoms with E-state index in [1.54, 1.807) is 12.1 Å². The summed E-state index contributed by atoms with van der Waals surface area (Å²) in [6, 6.07) is 12.4. The van der Waals surface area contributed by atoms with Gasteiger partial charge in [-0.3, -0.25) is 9.59 Å². The zero-order valence-electron chi connectivity index (χ0n) is 14.3. The molecule has 0 saturated carbocycles. The molecule has 0 heterocycles. The lowest BCUT2D eigenvalue weighted by atomic mass is 10.2. The first-order valence-corrected chi connectivity index (χ1v) is 8.79. The van der Waals surface area contributed by atoms with Crippen LogP contribution in [0.5, 0.6) is 5.75 Å². The SMILES string of the molecule is Cc1cccc(OCCCC(=O)OCC(=O)Nc2cc(Cl)ccc2Cl)c1. The van der Waals surface area contributed by atoms with Crippen LogP contribution in [0.25, 0.3) is 0 Å². The Hall–Kier alpha value is -2.24. The number of ether oxygens (including phenoxy) is 2. The molecule has 0 aliphatic carbocycles. The Morgan fingerprint density at radius 3 is 2.69 bits per heavy atom. The van der Waals surface area contributed by atoms with Crippen molar-refractivity contribution in [2.75, 3.05) is 18.5 Å². The van der Waals surface area contributed by atoms with Gasteiger partial charge in [0, 0.05) is 11.4 Å². The Labute approximate surface area is 162 Å². The van der Waals surface area contributed by atoms with Crippen LogP contribution in [0.4, 0.5) is 5.69 Å². The minimum Gasteiger partial charge on any atom is -0.494 e. The molecule has 2 aromatic rings. The summed E-state index contributed by atoms with van der Waals surface area (Å²) in [5.41, 5.74) is 1.47. The van der Waals surface area contributed by atoms with E-state index in [2.05, 4.69) is 5.32 Å². The fourth-order valence-electron chi connectivity index (χ4n) is 2.11. The van der Waals surface area contributed by atoms with E-state index in [1.807, 2.05) is 31.2 Å². The number of amides is 1. The Bertz CT molecular complexity index is 780. The predicted molar refractivity (Wildman–Crippen MR) is 102 cm³/mol. The highest BCUT2D eigenvalue weighted by Crippen LogP contribution is 2.25. The van der Waals surface area contributed by atoms with Crippen molar-refractivity contribution in [3.05, 3.63) is 58.1 Å². The van der Waals surface area contributed by atoms with Crippen molar-refractivity contribution in [2.45, 2.75) is 19.8 Å². The van der Waals surface area contributed by atoms with Crippen LogP contribution in [0.15, 0.2) is 42.5 Å². The topological polar surface area (TPSA) is 64.6 Å². The van der Waals surface area contributed by atoms with Gasteiger partial charge in [0.1, 0.15) is 5.75 Å². The van der Waals surface area contributed by atoms with Crippen LogP contribution in [0.3, 0.4) is 0 Å². The number of nitrogens with one attached hydrogen (secondary N) is 1. The van der Waals surface area contributed by atoms with Crippen molar-refractivity contribution in [3.8, 4) is 5.75 Å². The van der Waals surface area contributed by atoms with Gasteiger partial charge in [0.2, 0.25) is 0 Å². The molecule has 1 N–H and O–H groups in total. The molecule has 0 spiro atoms. The van der Waals surface area contributed by atoms with Crippen molar-refractivity contribution in [1.29, 1.82) is 0 Å². The summed E-state index contributed by atoms with van der Waals surface area (Å²) in [6.45, 7) is 1.98. The van der Waals surface area contributed by atoms with Gasteiger partial charge in [-0.2, -0.15) is 0 Å². The second-order valence-electron chi connectivity index (χ2n) is 5.60. The molecule has 0 atom stereocenters. The second kappa shape index (κ2) is 10.0. The van der Waals surface area contributed by atoms with E-state index in [1.165, 1.54) is 6.07 Å². The standard InChI is InChI=1S/C19H19Cl2NO4/c1-13-4-2-5-15(10-13)25-9-3-6-19(24)26-12-18(23)22-17-11-14(20)7-8-16(17)21/h2,4-5,7-8,10-11H,3,6,9,12H2,1H3,(H,22,23). The van der Waals surface area contributed by atoms with E-state index >= 15 is 0 Å². The lowest BCUT2D eigenvalue weighted by molar-refractivity contribution is -0.147. The van der Waals surface area contributed by atoms with Crippen LogP contribution in [-0.2, 0) is 14.3 Å². The fraction of sp³-hybridized carbons (Fsp3) is 0.263. The van der Waals surface area contributed by atoms with E-state index in [0.29, 0.717) is 28.8 Å². The average Bonchev–Trinajstić information content (AvgIpc) is 2.60. The number of esters is 1. The minimum atomic E-state index is -0.487. The average molecular weight is 396 g/mol. The van der Waals surface area contributed by atoms with E-state index < -0.39 is 11.9 Å². The molecule has 0 bridgehead atoms. The van der Waals surface area contributed by atoms with Gasteiger partial charge in [0.15, 0.2) is 6.61 Å². The van der Waals surface area contributed by atoms with E-state index in [-0.39, 0.29) is 13.0 Å². The van der Waals surface area contributed by atoms with E-state index in [0.717, 1.165) is 11.3 Å². The quantitative estimate of drug-likeness (QED) is 0.522. The van der Waals surface area contributed by atoms with Gasteiger partial charge in [0.05, 0.1) is 17.3 Å². The fourth-order valence-corrected chi connectivity index (χ4v) is 2.45. The van der Waals surface area contributed by atoms with Crippen molar-refractivity contribution >= 4 is 40.8 Å². The molecule has 0 aromatic heterocycles. The van der Waals surface area contributed by atoms with Crippen LogP contribution in [0.2, 0.25) is 10.0 Å². The molecule has 5 nitrogen and oxygen atoms in total. The first kappa shape index (κ1) is 20.1. The first-order valence-electron chi connectivity index (χ1n) is 8.04. The summed E-state index contributed by atoms with van der Waals surface area (Å²) in [5.74, 6) is -0.195. The van der Waals surface area contributed by atoms with Crippen LogP contribution in [0.1, 0.15) is 18.4 Å². The Balaban J connectivity index is 1.65. The van der Waals surface area contributed by atoms with E-state index in [4.69, 9.17) is 32.7 Å². The van der Waals surface area contributed by atoms with Gasteiger partial charge in [-0.1, -0.05) is 35.3 Å². The molecule has 7 heteroatoms. The maximum atomic E-state index is 11.8. The summed E-state index contributed by atoms with van der Waals surface area (Å²) in [4.78, 5) is 23.5. The lowest BCUT2D eigenvalue weighted by Gasteiger charge is -2.09. The smallest absolute Gasteiger partial charge is 0.306 e.